The highest BCUT2D eigenvalue weighted by molar-refractivity contribution is 9.10. The molecule has 2 N–H and O–H groups in total. The molecule has 0 spiro atoms. The smallest absolute Gasteiger partial charge is 0.301 e. The lowest BCUT2D eigenvalue weighted by Gasteiger charge is -2.23. The van der Waals surface area contributed by atoms with Crippen LogP contribution in [0.3, 0.4) is 0 Å². The fourth-order valence-corrected chi connectivity index (χ4v) is 5.53. The summed E-state index contributed by atoms with van der Waals surface area (Å²) in [5, 5.41) is 30.6. The Morgan fingerprint density at radius 1 is 1.26 bits per heavy atom. The third-order valence-electron chi connectivity index (χ3n) is 5.92. The number of aryl methyl sites for hydroxylation is 1. The van der Waals surface area contributed by atoms with Gasteiger partial charge in [0.2, 0.25) is 5.13 Å². The van der Waals surface area contributed by atoms with Gasteiger partial charge >= 0.3 is 5.91 Å². The number of phenolic OH excluding ortho intramolecular Hbond substituents is 1. The van der Waals surface area contributed by atoms with E-state index in [1.807, 2.05) is 6.92 Å². The van der Waals surface area contributed by atoms with Gasteiger partial charge in [-0.1, -0.05) is 11.3 Å². The van der Waals surface area contributed by atoms with Crippen LogP contribution in [0, 0.1) is 6.92 Å². The number of ether oxygens (including phenoxy) is 2. The van der Waals surface area contributed by atoms with E-state index < -0.39 is 17.7 Å². The van der Waals surface area contributed by atoms with E-state index in [1.165, 1.54) is 18.1 Å². The van der Waals surface area contributed by atoms with Crippen LogP contribution in [0.1, 0.15) is 34.7 Å². The Balaban J connectivity index is 1.73. The quantitative estimate of drug-likeness (QED) is 0.277. The normalized spacial score (nSPS) is 20.7. The van der Waals surface area contributed by atoms with Crippen LogP contribution in [0.4, 0.5) is 5.13 Å². The summed E-state index contributed by atoms with van der Waals surface area (Å²) in [6, 6.07) is 7.22. The van der Waals surface area contributed by atoms with Crippen LogP contribution in [0.15, 0.2) is 40.4 Å². The Bertz CT molecular complexity index is 1420. The number of rotatable bonds is 4. The van der Waals surface area contributed by atoms with Crippen LogP contribution in [0.2, 0.25) is 0 Å². The van der Waals surface area contributed by atoms with Crippen molar-refractivity contribution >= 4 is 49.8 Å². The molecule has 180 valence electrons. The van der Waals surface area contributed by atoms with Gasteiger partial charge in [0.15, 0.2) is 11.5 Å². The third kappa shape index (κ3) is 3.84. The molecule has 1 fully saturated rings. The standard InChI is InChI=1S/C24H20BrN3O6S/c1-10-6-13-7-12(4-5-16(13)34-10)20(29)18-19(14-8-15(25)21(30)17(9-14)33-3)28(23(32)22(18)31)24-27-26-11(2)35-24/h4-5,7-10,19,29-30H,6H2,1-3H3/t10-,19-/m0/s1. The number of aromatic nitrogens is 2. The summed E-state index contributed by atoms with van der Waals surface area (Å²) in [5.74, 6) is -1.28. The first-order valence-corrected chi connectivity index (χ1v) is 12.3. The number of Topliss-reactive ketones (excluding diaryl/α,β-unsaturated/α-hetero) is 1. The highest BCUT2D eigenvalue weighted by Gasteiger charge is 2.48. The maximum Gasteiger partial charge on any atom is 0.301 e. The maximum atomic E-state index is 13.3. The second-order valence-corrected chi connectivity index (χ2v) is 10.3. The van der Waals surface area contributed by atoms with Crippen molar-refractivity contribution in [3.05, 3.63) is 62.1 Å². The average molecular weight is 558 g/mol. The van der Waals surface area contributed by atoms with Crippen molar-refractivity contribution in [3.8, 4) is 17.2 Å². The number of aliphatic hydroxyl groups excluding tert-OH is 1. The minimum Gasteiger partial charge on any atom is -0.507 e. The van der Waals surface area contributed by atoms with Crippen molar-refractivity contribution in [2.24, 2.45) is 0 Å². The molecular formula is C24H20BrN3O6S. The fourth-order valence-electron chi connectivity index (χ4n) is 4.36. The summed E-state index contributed by atoms with van der Waals surface area (Å²) in [7, 11) is 1.39. The van der Waals surface area contributed by atoms with Gasteiger partial charge < -0.3 is 19.7 Å². The van der Waals surface area contributed by atoms with E-state index in [1.54, 1.807) is 31.2 Å². The zero-order chi connectivity index (χ0) is 25.0. The monoisotopic (exact) mass is 557 g/mol. The first kappa shape index (κ1) is 23.3. The number of carbonyl (C=O) groups is 2. The van der Waals surface area contributed by atoms with Gasteiger partial charge in [-0.3, -0.25) is 14.5 Å². The molecule has 2 aliphatic rings. The van der Waals surface area contributed by atoms with Gasteiger partial charge in [0.1, 0.15) is 22.6 Å². The SMILES string of the molecule is COc1cc([C@H]2C(=C(O)c3ccc4c(c3)C[C@H](C)O4)C(=O)C(=O)N2c2nnc(C)s2)cc(Br)c1O. The predicted octanol–water partition coefficient (Wildman–Crippen LogP) is 4.27. The highest BCUT2D eigenvalue weighted by Crippen LogP contribution is 2.46. The molecule has 1 aromatic heterocycles. The van der Waals surface area contributed by atoms with E-state index in [0.29, 0.717) is 27.0 Å². The van der Waals surface area contributed by atoms with Crippen molar-refractivity contribution in [1.82, 2.24) is 10.2 Å². The lowest BCUT2D eigenvalue weighted by Crippen LogP contribution is -2.29. The zero-order valence-electron chi connectivity index (χ0n) is 18.9. The molecule has 3 aromatic rings. The second-order valence-electron chi connectivity index (χ2n) is 8.28. The number of ketones is 1. The first-order valence-electron chi connectivity index (χ1n) is 10.7. The molecular weight excluding hydrogens is 538 g/mol. The molecule has 3 heterocycles. The summed E-state index contributed by atoms with van der Waals surface area (Å²) in [5.41, 5.74) is 1.62. The van der Waals surface area contributed by atoms with Gasteiger partial charge in [-0.2, -0.15) is 0 Å². The molecule has 0 unspecified atom stereocenters. The molecule has 9 nitrogen and oxygen atoms in total. The molecule has 1 amide bonds. The largest absolute Gasteiger partial charge is 0.507 e. The Morgan fingerprint density at radius 2 is 2.03 bits per heavy atom. The number of halogens is 1. The fraction of sp³-hybridized carbons (Fsp3) is 0.250. The number of nitrogens with zero attached hydrogens (tertiary/aromatic N) is 3. The van der Waals surface area contributed by atoms with Crippen molar-refractivity contribution < 1.29 is 29.3 Å². The number of anilines is 1. The molecule has 5 rings (SSSR count). The number of hydrogen-bond donors (Lipinski definition) is 2. The maximum absolute atomic E-state index is 13.3. The van der Waals surface area contributed by atoms with Gasteiger partial charge in [0, 0.05) is 12.0 Å². The van der Waals surface area contributed by atoms with E-state index in [2.05, 4.69) is 26.1 Å². The van der Waals surface area contributed by atoms with Crippen molar-refractivity contribution in [2.75, 3.05) is 12.0 Å². The number of hydrogen-bond acceptors (Lipinski definition) is 9. The number of amides is 1. The third-order valence-corrected chi connectivity index (χ3v) is 7.36. The number of carbonyl (C=O) groups excluding carboxylic acids is 2. The zero-order valence-corrected chi connectivity index (χ0v) is 21.3. The number of methoxy groups -OCH3 is 1. The van der Waals surface area contributed by atoms with E-state index in [-0.39, 0.29) is 34.1 Å². The molecule has 2 aromatic carbocycles. The lowest BCUT2D eigenvalue weighted by atomic mass is 9.94. The van der Waals surface area contributed by atoms with Crippen molar-refractivity contribution in [3.63, 3.8) is 0 Å². The summed E-state index contributed by atoms with van der Waals surface area (Å²) in [6.45, 7) is 3.69. The minimum absolute atomic E-state index is 0.00966. The predicted molar refractivity (Wildman–Crippen MR) is 132 cm³/mol. The van der Waals surface area contributed by atoms with Crippen molar-refractivity contribution in [1.29, 1.82) is 0 Å². The van der Waals surface area contributed by atoms with Gasteiger partial charge in [-0.05, 0) is 71.2 Å². The van der Waals surface area contributed by atoms with Crippen molar-refractivity contribution in [2.45, 2.75) is 32.4 Å². The average Bonchev–Trinajstić information content (AvgIpc) is 3.49. The molecule has 2 atom stereocenters. The highest BCUT2D eigenvalue weighted by atomic mass is 79.9. The second kappa shape index (κ2) is 8.65. The van der Waals surface area contributed by atoms with E-state index in [4.69, 9.17) is 9.47 Å². The van der Waals surface area contributed by atoms with Crippen LogP contribution < -0.4 is 14.4 Å². The number of benzene rings is 2. The van der Waals surface area contributed by atoms with Gasteiger partial charge in [0.25, 0.3) is 5.78 Å². The number of fused-ring (bicyclic) bond motifs is 1. The van der Waals surface area contributed by atoms with Gasteiger partial charge in [-0.25, -0.2) is 0 Å². The number of phenols is 1. The van der Waals surface area contributed by atoms with Crippen LogP contribution in [-0.2, 0) is 16.0 Å². The minimum atomic E-state index is -1.03. The van der Waals surface area contributed by atoms with Crippen LogP contribution in [-0.4, -0.2) is 45.3 Å². The first-order chi connectivity index (χ1) is 16.7. The molecule has 11 heteroatoms. The molecule has 1 saturated heterocycles. The Morgan fingerprint density at radius 3 is 2.71 bits per heavy atom. The topological polar surface area (TPSA) is 122 Å². The number of aromatic hydroxyl groups is 1. The molecule has 0 aliphatic carbocycles. The Kier molecular flexibility index (Phi) is 5.76. The molecule has 0 radical (unpaired) electrons. The Hall–Kier alpha value is -3.44. The summed E-state index contributed by atoms with van der Waals surface area (Å²) in [6.07, 6.45) is 0.677. The molecule has 35 heavy (non-hydrogen) atoms. The number of aliphatic hydroxyl groups is 1. The van der Waals surface area contributed by atoms with Crippen LogP contribution in [0.5, 0.6) is 17.2 Å². The van der Waals surface area contributed by atoms with E-state index >= 15 is 0 Å². The lowest BCUT2D eigenvalue weighted by molar-refractivity contribution is -0.132. The molecule has 0 bridgehead atoms. The Labute approximate surface area is 212 Å². The van der Waals surface area contributed by atoms with Gasteiger partial charge in [-0.15, -0.1) is 10.2 Å². The van der Waals surface area contributed by atoms with Crippen LogP contribution >= 0.6 is 27.3 Å². The summed E-state index contributed by atoms with van der Waals surface area (Å²) < 4.78 is 11.3. The van der Waals surface area contributed by atoms with Crippen LogP contribution in [0.25, 0.3) is 5.76 Å². The van der Waals surface area contributed by atoms with E-state index in [0.717, 1.165) is 22.6 Å². The molecule has 2 aliphatic heterocycles. The van der Waals surface area contributed by atoms with Gasteiger partial charge in [0.05, 0.1) is 23.2 Å². The summed E-state index contributed by atoms with van der Waals surface area (Å²) in [4.78, 5) is 27.8. The van der Waals surface area contributed by atoms with E-state index in [9.17, 15) is 19.8 Å². The summed E-state index contributed by atoms with van der Waals surface area (Å²) >= 11 is 4.45. The molecule has 0 saturated carbocycles.